The van der Waals surface area contributed by atoms with Crippen LogP contribution in [0.2, 0.25) is 0 Å². The van der Waals surface area contributed by atoms with Gasteiger partial charge in [-0.2, -0.15) is 0 Å². The number of urea groups is 1. The maximum absolute atomic E-state index is 13.3. The first-order chi connectivity index (χ1) is 17.9. The van der Waals surface area contributed by atoms with Gasteiger partial charge in [-0.3, -0.25) is 14.7 Å². The number of hydrogen-bond donors (Lipinski definition) is 3. The van der Waals surface area contributed by atoms with E-state index in [-0.39, 0.29) is 5.91 Å². The Kier molecular flexibility index (Phi) is 6.63. The molecule has 0 spiro atoms. The minimum atomic E-state index is -0.614. The molecular formula is C27H30N8O2. The van der Waals surface area contributed by atoms with E-state index in [0.29, 0.717) is 49.3 Å². The van der Waals surface area contributed by atoms with E-state index in [1.165, 1.54) is 4.90 Å². The number of nitrogens with two attached hydrogens (primary N) is 1. The predicted molar refractivity (Wildman–Crippen MR) is 145 cm³/mol. The van der Waals surface area contributed by atoms with Gasteiger partial charge in [0.05, 0.1) is 23.3 Å². The van der Waals surface area contributed by atoms with E-state index in [2.05, 4.69) is 39.0 Å². The van der Waals surface area contributed by atoms with Crippen LogP contribution in [0.1, 0.15) is 24.3 Å². The van der Waals surface area contributed by atoms with Crippen LogP contribution in [-0.4, -0.2) is 64.0 Å². The number of aromatic amines is 1. The Balaban J connectivity index is 1.31. The molecule has 0 atom stereocenters. The third kappa shape index (κ3) is 5.04. The number of piperazine rings is 1. The smallest absolute Gasteiger partial charge is 0.323 e. The number of primary amides is 1. The fourth-order valence-corrected chi connectivity index (χ4v) is 4.63. The molecule has 0 saturated carbocycles. The van der Waals surface area contributed by atoms with Gasteiger partial charge >= 0.3 is 6.03 Å². The van der Waals surface area contributed by atoms with Gasteiger partial charge in [0.15, 0.2) is 5.82 Å². The number of pyridine rings is 2. The molecule has 0 bridgehead atoms. The lowest BCUT2D eigenvalue weighted by Crippen LogP contribution is -2.49. The van der Waals surface area contributed by atoms with Crippen LogP contribution in [-0.2, 0) is 0 Å². The molecule has 3 aromatic heterocycles. The Bertz CT molecular complexity index is 1410. The van der Waals surface area contributed by atoms with Crippen LogP contribution in [0.3, 0.4) is 0 Å². The zero-order valence-electron chi connectivity index (χ0n) is 20.9. The highest BCUT2D eigenvalue weighted by Crippen LogP contribution is 2.29. The summed E-state index contributed by atoms with van der Waals surface area (Å²) in [5, 5.41) is 4.26. The normalized spacial score (nSPS) is 13.7. The summed E-state index contributed by atoms with van der Waals surface area (Å²) >= 11 is 0. The molecule has 4 heterocycles. The molecule has 0 aliphatic carbocycles. The maximum Gasteiger partial charge on any atom is 0.323 e. The fourth-order valence-electron chi connectivity index (χ4n) is 4.63. The van der Waals surface area contributed by atoms with E-state index < -0.39 is 6.03 Å². The molecule has 10 heteroatoms. The number of aromatic nitrogens is 3. The van der Waals surface area contributed by atoms with E-state index in [1.54, 1.807) is 36.8 Å². The largest absolute Gasteiger partial charge is 0.380 e. The van der Waals surface area contributed by atoms with E-state index in [1.807, 2.05) is 35.2 Å². The lowest BCUT2D eigenvalue weighted by Gasteiger charge is -2.36. The molecule has 1 saturated heterocycles. The van der Waals surface area contributed by atoms with E-state index in [4.69, 9.17) is 5.73 Å². The van der Waals surface area contributed by atoms with Crippen molar-refractivity contribution < 1.29 is 9.59 Å². The lowest BCUT2D eigenvalue weighted by atomic mass is 10.2. The lowest BCUT2D eigenvalue weighted by molar-refractivity contribution is 0.0741. The van der Waals surface area contributed by atoms with Gasteiger partial charge in [-0.05, 0) is 62.4 Å². The summed E-state index contributed by atoms with van der Waals surface area (Å²) in [5.41, 5.74) is 9.14. The van der Waals surface area contributed by atoms with Crippen molar-refractivity contribution >= 4 is 45.7 Å². The SMILES string of the molecule is CC(C)Nc1cccnc1N1CCN(C(=O)c2cc3cc(N(C(N)=O)c4cccnc4)ccc3[nH]2)CC1. The van der Waals surface area contributed by atoms with Crippen molar-refractivity contribution in [3.63, 3.8) is 0 Å². The number of anilines is 4. The van der Waals surface area contributed by atoms with Gasteiger partial charge in [0.25, 0.3) is 5.91 Å². The van der Waals surface area contributed by atoms with Gasteiger partial charge in [-0.15, -0.1) is 0 Å². The molecule has 5 rings (SSSR count). The zero-order chi connectivity index (χ0) is 25.9. The second-order valence-electron chi connectivity index (χ2n) is 9.29. The second-order valence-corrected chi connectivity index (χ2v) is 9.29. The molecule has 1 fully saturated rings. The van der Waals surface area contributed by atoms with Crippen molar-refractivity contribution in [2.75, 3.05) is 41.3 Å². The van der Waals surface area contributed by atoms with E-state index in [9.17, 15) is 9.59 Å². The molecule has 10 nitrogen and oxygen atoms in total. The van der Waals surface area contributed by atoms with Crippen molar-refractivity contribution in [3.05, 3.63) is 72.8 Å². The monoisotopic (exact) mass is 498 g/mol. The van der Waals surface area contributed by atoms with Gasteiger partial charge in [-0.1, -0.05) is 0 Å². The maximum atomic E-state index is 13.3. The third-order valence-electron chi connectivity index (χ3n) is 6.31. The Labute approximate surface area is 215 Å². The highest BCUT2D eigenvalue weighted by molar-refractivity contribution is 6.02. The molecule has 0 unspecified atom stereocenters. The summed E-state index contributed by atoms with van der Waals surface area (Å²) in [6.07, 6.45) is 5.01. The Hall–Kier alpha value is -4.60. The molecule has 4 aromatic rings. The summed E-state index contributed by atoms with van der Waals surface area (Å²) in [7, 11) is 0. The average Bonchev–Trinajstić information content (AvgIpc) is 3.33. The summed E-state index contributed by atoms with van der Waals surface area (Å²) in [4.78, 5) is 42.9. The predicted octanol–water partition coefficient (Wildman–Crippen LogP) is 3.96. The van der Waals surface area contributed by atoms with Crippen LogP contribution in [0.25, 0.3) is 10.9 Å². The average molecular weight is 499 g/mol. The number of amides is 3. The molecule has 3 amide bonds. The van der Waals surface area contributed by atoms with Gasteiger partial charge < -0.3 is 25.8 Å². The van der Waals surface area contributed by atoms with Crippen LogP contribution in [0.15, 0.2) is 67.1 Å². The third-order valence-corrected chi connectivity index (χ3v) is 6.31. The highest BCUT2D eigenvalue weighted by atomic mass is 16.2. The number of rotatable bonds is 6. The highest BCUT2D eigenvalue weighted by Gasteiger charge is 2.25. The Morgan fingerprint density at radius 1 is 1.03 bits per heavy atom. The second kappa shape index (κ2) is 10.2. The zero-order valence-corrected chi connectivity index (χ0v) is 20.9. The number of H-pyrrole nitrogens is 1. The first-order valence-corrected chi connectivity index (χ1v) is 12.3. The van der Waals surface area contributed by atoms with Crippen LogP contribution >= 0.6 is 0 Å². The Morgan fingerprint density at radius 3 is 2.51 bits per heavy atom. The molecule has 4 N–H and O–H groups in total. The standard InChI is InChI=1S/C27H30N8O2/c1-18(2)31-23-6-4-10-30-25(23)33-11-13-34(14-12-33)26(36)24-16-19-15-20(7-8-22(19)32-24)35(27(28)37)21-5-3-9-29-17-21/h3-10,15-18,31-32H,11-14H2,1-2H3,(H2,28,37). The van der Waals surface area contributed by atoms with E-state index >= 15 is 0 Å². The quantitative estimate of drug-likeness (QED) is 0.370. The Morgan fingerprint density at radius 2 is 1.81 bits per heavy atom. The van der Waals surface area contributed by atoms with Gasteiger partial charge in [0, 0.05) is 55.5 Å². The number of carbonyl (C=O) groups excluding carboxylic acids is 2. The number of nitrogens with zero attached hydrogens (tertiary/aromatic N) is 5. The van der Waals surface area contributed by atoms with Crippen molar-refractivity contribution in [1.29, 1.82) is 0 Å². The molecular weight excluding hydrogens is 468 g/mol. The number of benzene rings is 1. The molecule has 1 aliphatic heterocycles. The molecule has 1 aliphatic rings. The van der Waals surface area contributed by atoms with Gasteiger partial charge in [0.1, 0.15) is 5.69 Å². The summed E-state index contributed by atoms with van der Waals surface area (Å²) in [5.74, 6) is 0.854. The van der Waals surface area contributed by atoms with Crippen LogP contribution in [0.4, 0.5) is 27.7 Å². The van der Waals surface area contributed by atoms with Crippen LogP contribution in [0, 0.1) is 0 Å². The van der Waals surface area contributed by atoms with Crippen molar-refractivity contribution in [3.8, 4) is 0 Å². The first-order valence-electron chi connectivity index (χ1n) is 12.3. The summed E-state index contributed by atoms with van der Waals surface area (Å²) in [6.45, 7) is 6.76. The van der Waals surface area contributed by atoms with E-state index in [0.717, 1.165) is 22.4 Å². The van der Waals surface area contributed by atoms with Crippen molar-refractivity contribution in [2.45, 2.75) is 19.9 Å². The fraction of sp³-hybridized carbons (Fsp3) is 0.259. The minimum absolute atomic E-state index is 0.0574. The van der Waals surface area contributed by atoms with Gasteiger partial charge in [-0.25, -0.2) is 9.78 Å². The van der Waals surface area contributed by atoms with Gasteiger partial charge in [0.2, 0.25) is 0 Å². The van der Waals surface area contributed by atoms with Crippen molar-refractivity contribution in [2.24, 2.45) is 5.73 Å². The molecule has 37 heavy (non-hydrogen) atoms. The van der Waals surface area contributed by atoms with Crippen LogP contribution < -0.4 is 20.9 Å². The molecule has 0 radical (unpaired) electrons. The molecule has 1 aromatic carbocycles. The minimum Gasteiger partial charge on any atom is -0.380 e. The first kappa shape index (κ1) is 24.1. The number of carbonyl (C=O) groups is 2. The summed E-state index contributed by atoms with van der Waals surface area (Å²) < 4.78 is 0. The topological polar surface area (TPSA) is 123 Å². The summed E-state index contributed by atoms with van der Waals surface area (Å²) in [6, 6.07) is 14.4. The van der Waals surface area contributed by atoms with Crippen LogP contribution in [0.5, 0.6) is 0 Å². The number of nitrogens with one attached hydrogen (secondary N) is 2. The number of hydrogen-bond acceptors (Lipinski definition) is 6. The van der Waals surface area contributed by atoms with Crippen molar-refractivity contribution in [1.82, 2.24) is 19.9 Å². The number of fused-ring (bicyclic) bond motifs is 1. The molecule has 190 valence electrons.